The molecule has 0 radical (unpaired) electrons. The predicted molar refractivity (Wildman–Crippen MR) is 104 cm³/mol. The number of ether oxygens (including phenoxy) is 1. The third-order valence-corrected chi connectivity index (χ3v) is 5.28. The summed E-state index contributed by atoms with van der Waals surface area (Å²) in [7, 11) is 0. The van der Waals surface area contributed by atoms with Crippen molar-refractivity contribution >= 4 is 23.6 Å². The van der Waals surface area contributed by atoms with E-state index in [9.17, 15) is 9.59 Å². The first kappa shape index (κ1) is 19.7. The van der Waals surface area contributed by atoms with Crippen LogP contribution in [0.15, 0.2) is 35.5 Å². The van der Waals surface area contributed by atoms with E-state index in [2.05, 4.69) is 16.0 Å². The average molecular weight is 392 g/mol. The van der Waals surface area contributed by atoms with Gasteiger partial charge in [-0.1, -0.05) is 43.0 Å². The maximum atomic E-state index is 12.7. The van der Waals surface area contributed by atoms with E-state index in [1.807, 2.05) is 12.1 Å². The van der Waals surface area contributed by atoms with Crippen LogP contribution in [0.2, 0.25) is 5.02 Å². The number of nitrogens with one attached hydrogen (secondary N) is 3. The summed E-state index contributed by atoms with van der Waals surface area (Å²) in [5.41, 5.74) is 1.79. The topological polar surface area (TPSA) is 79.5 Å². The zero-order chi connectivity index (χ0) is 19.2. The van der Waals surface area contributed by atoms with E-state index < -0.39 is 12.0 Å². The number of amides is 2. The quantitative estimate of drug-likeness (QED) is 0.649. The molecule has 1 aliphatic heterocycles. The number of urea groups is 1. The van der Waals surface area contributed by atoms with Crippen LogP contribution in [0.4, 0.5) is 4.79 Å². The summed E-state index contributed by atoms with van der Waals surface area (Å²) < 4.78 is 5.27. The molecule has 3 N–H and O–H groups in total. The molecule has 7 heteroatoms. The van der Waals surface area contributed by atoms with E-state index in [1.165, 1.54) is 19.3 Å². The lowest BCUT2D eigenvalue weighted by Crippen LogP contribution is -2.49. The normalized spacial score (nSPS) is 20.8. The molecule has 1 aliphatic carbocycles. The van der Waals surface area contributed by atoms with Gasteiger partial charge >= 0.3 is 12.0 Å². The molecule has 0 aromatic heterocycles. The SMILES string of the molecule is CCOC(=O)C1=C(CNC2CCCCC2)NC(=O)N[C@H]1c1ccc(Cl)cc1. The highest BCUT2D eigenvalue weighted by molar-refractivity contribution is 6.30. The van der Waals surface area contributed by atoms with Crippen molar-refractivity contribution in [3.63, 3.8) is 0 Å². The molecular weight excluding hydrogens is 366 g/mol. The summed E-state index contributed by atoms with van der Waals surface area (Å²) in [6.45, 7) is 2.47. The van der Waals surface area contributed by atoms with Crippen molar-refractivity contribution in [1.82, 2.24) is 16.0 Å². The van der Waals surface area contributed by atoms with E-state index in [1.54, 1.807) is 19.1 Å². The molecule has 6 nitrogen and oxygen atoms in total. The Balaban J connectivity index is 1.88. The van der Waals surface area contributed by atoms with Gasteiger partial charge in [0.15, 0.2) is 0 Å². The summed E-state index contributed by atoms with van der Waals surface area (Å²) in [5, 5.41) is 9.71. The highest BCUT2D eigenvalue weighted by Crippen LogP contribution is 2.29. The minimum atomic E-state index is -0.571. The first-order valence-electron chi connectivity index (χ1n) is 9.55. The molecule has 146 valence electrons. The molecule has 1 aromatic carbocycles. The fourth-order valence-electron chi connectivity index (χ4n) is 3.67. The van der Waals surface area contributed by atoms with Gasteiger partial charge in [0, 0.05) is 23.3 Å². The molecule has 2 amide bonds. The van der Waals surface area contributed by atoms with Crippen molar-refractivity contribution in [3.05, 3.63) is 46.1 Å². The number of carbonyl (C=O) groups is 2. The first-order chi connectivity index (χ1) is 13.1. The Hall–Kier alpha value is -2.05. The van der Waals surface area contributed by atoms with Crippen molar-refractivity contribution in [1.29, 1.82) is 0 Å². The molecule has 1 atom stereocenters. The van der Waals surface area contributed by atoms with Crippen LogP contribution in [0.5, 0.6) is 0 Å². The lowest BCUT2D eigenvalue weighted by Gasteiger charge is -2.31. The van der Waals surface area contributed by atoms with E-state index in [0.717, 1.165) is 18.4 Å². The molecule has 27 heavy (non-hydrogen) atoms. The smallest absolute Gasteiger partial charge is 0.338 e. The third-order valence-electron chi connectivity index (χ3n) is 5.03. The predicted octanol–water partition coefficient (Wildman–Crippen LogP) is 3.43. The van der Waals surface area contributed by atoms with Crippen LogP contribution in [-0.4, -0.2) is 31.2 Å². The Morgan fingerprint density at radius 3 is 2.59 bits per heavy atom. The summed E-state index contributed by atoms with van der Waals surface area (Å²) >= 11 is 5.98. The van der Waals surface area contributed by atoms with Gasteiger partial charge in [0.05, 0.1) is 18.2 Å². The monoisotopic (exact) mass is 391 g/mol. The molecule has 1 aromatic rings. The number of carbonyl (C=O) groups excluding carboxylic acids is 2. The lowest BCUT2D eigenvalue weighted by atomic mass is 9.93. The summed E-state index contributed by atoms with van der Waals surface area (Å²) in [5.74, 6) is -0.426. The molecule has 0 bridgehead atoms. The van der Waals surface area contributed by atoms with Crippen LogP contribution in [0.3, 0.4) is 0 Å². The maximum Gasteiger partial charge on any atom is 0.338 e. The first-order valence-corrected chi connectivity index (χ1v) is 9.92. The molecule has 1 saturated carbocycles. The van der Waals surface area contributed by atoms with E-state index >= 15 is 0 Å². The fourth-order valence-corrected chi connectivity index (χ4v) is 3.79. The van der Waals surface area contributed by atoms with Crippen LogP contribution in [-0.2, 0) is 9.53 Å². The second-order valence-corrected chi connectivity index (χ2v) is 7.35. The minimum absolute atomic E-state index is 0.271. The van der Waals surface area contributed by atoms with Gasteiger partial charge in [0.1, 0.15) is 0 Å². The number of hydrogen-bond donors (Lipinski definition) is 3. The van der Waals surface area contributed by atoms with E-state index in [-0.39, 0.29) is 12.6 Å². The van der Waals surface area contributed by atoms with Gasteiger partial charge in [-0.3, -0.25) is 0 Å². The molecule has 0 unspecified atom stereocenters. The Kier molecular flexibility index (Phi) is 6.74. The van der Waals surface area contributed by atoms with Gasteiger partial charge in [-0.2, -0.15) is 0 Å². The van der Waals surface area contributed by atoms with Crippen molar-refractivity contribution in [2.45, 2.75) is 51.1 Å². The number of hydrogen-bond acceptors (Lipinski definition) is 4. The third kappa shape index (κ3) is 5.02. The molecule has 2 aliphatic rings. The highest BCUT2D eigenvalue weighted by Gasteiger charge is 2.33. The Morgan fingerprint density at radius 2 is 1.93 bits per heavy atom. The number of rotatable bonds is 6. The van der Waals surface area contributed by atoms with Gasteiger partial charge in [-0.25, -0.2) is 9.59 Å². The van der Waals surface area contributed by atoms with Crippen LogP contribution in [0.1, 0.15) is 50.6 Å². The Labute approximate surface area is 164 Å². The largest absolute Gasteiger partial charge is 0.463 e. The van der Waals surface area contributed by atoms with Crippen molar-refractivity contribution < 1.29 is 14.3 Å². The van der Waals surface area contributed by atoms with Crippen molar-refractivity contribution in [2.24, 2.45) is 0 Å². The Bertz CT molecular complexity index is 712. The summed E-state index contributed by atoms with van der Waals surface area (Å²) in [6, 6.07) is 6.62. The Morgan fingerprint density at radius 1 is 1.22 bits per heavy atom. The van der Waals surface area contributed by atoms with Crippen LogP contribution >= 0.6 is 11.6 Å². The van der Waals surface area contributed by atoms with Gasteiger partial charge in [0.25, 0.3) is 0 Å². The second kappa shape index (κ2) is 9.24. The van der Waals surface area contributed by atoms with Gasteiger partial charge in [-0.15, -0.1) is 0 Å². The van der Waals surface area contributed by atoms with Crippen LogP contribution in [0, 0.1) is 0 Å². The van der Waals surface area contributed by atoms with Crippen LogP contribution in [0.25, 0.3) is 0 Å². The lowest BCUT2D eigenvalue weighted by molar-refractivity contribution is -0.139. The zero-order valence-corrected chi connectivity index (χ0v) is 16.3. The summed E-state index contributed by atoms with van der Waals surface area (Å²) in [6.07, 6.45) is 5.93. The maximum absolute atomic E-state index is 12.7. The standard InChI is InChI=1S/C20H26ClN3O3/c1-2-27-19(25)17-16(12-22-15-6-4-3-5-7-15)23-20(26)24-18(17)13-8-10-14(21)11-9-13/h8-11,15,18,22H,2-7,12H2,1H3,(H2,23,24,26)/t18-/m0/s1. The zero-order valence-electron chi connectivity index (χ0n) is 15.5. The van der Waals surface area contributed by atoms with Crippen molar-refractivity contribution in [2.75, 3.05) is 13.2 Å². The number of halogens is 1. The minimum Gasteiger partial charge on any atom is -0.463 e. The van der Waals surface area contributed by atoms with Gasteiger partial charge in [-0.05, 0) is 37.5 Å². The summed E-state index contributed by atoms with van der Waals surface area (Å²) in [4.78, 5) is 24.9. The van der Waals surface area contributed by atoms with Crippen molar-refractivity contribution in [3.8, 4) is 0 Å². The molecule has 1 fully saturated rings. The van der Waals surface area contributed by atoms with E-state index in [4.69, 9.17) is 16.3 Å². The fraction of sp³-hybridized carbons (Fsp3) is 0.500. The molecule has 0 spiro atoms. The number of esters is 1. The van der Waals surface area contributed by atoms with Gasteiger partial charge < -0.3 is 20.7 Å². The highest BCUT2D eigenvalue weighted by atomic mass is 35.5. The second-order valence-electron chi connectivity index (χ2n) is 6.91. The molecule has 0 saturated heterocycles. The van der Waals surface area contributed by atoms with Crippen LogP contribution < -0.4 is 16.0 Å². The average Bonchev–Trinajstić information content (AvgIpc) is 2.67. The van der Waals surface area contributed by atoms with E-state index in [0.29, 0.717) is 28.9 Å². The molecule has 1 heterocycles. The van der Waals surface area contributed by atoms with Gasteiger partial charge in [0.2, 0.25) is 0 Å². The molecular formula is C20H26ClN3O3. The molecule has 3 rings (SSSR count). The number of benzene rings is 1.